The summed E-state index contributed by atoms with van der Waals surface area (Å²) >= 11 is 0. The third-order valence-electron chi connectivity index (χ3n) is 3.19. The zero-order valence-electron chi connectivity index (χ0n) is 13.4. The van der Waals surface area contributed by atoms with Crippen LogP contribution in [-0.2, 0) is 6.42 Å². The highest BCUT2D eigenvalue weighted by atomic mass is 16.5. The van der Waals surface area contributed by atoms with Crippen LogP contribution in [-0.4, -0.2) is 12.1 Å². The van der Waals surface area contributed by atoms with E-state index in [1.807, 2.05) is 6.07 Å². The van der Waals surface area contributed by atoms with Gasteiger partial charge in [0.05, 0.1) is 0 Å². The largest absolute Gasteiger partial charge is 0.488 e. The Morgan fingerprint density at radius 2 is 1.71 bits per heavy atom. The number of benzene rings is 2. The molecule has 0 atom stereocenters. The first-order chi connectivity index (χ1) is 9.94. The first-order valence-corrected chi connectivity index (χ1v) is 7.51. The predicted octanol–water partition coefficient (Wildman–Crippen LogP) is 4.83. The molecule has 2 heteroatoms. The Bertz CT molecular complexity index is 570. The van der Waals surface area contributed by atoms with Gasteiger partial charge in [-0.05, 0) is 63.4 Å². The van der Waals surface area contributed by atoms with Gasteiger partial charge in [-0.2, -0.15) is 0 Å². The van der Waals surface area contributed by atoms with Crippen molar-refractivity contribution in [3.63, 3.8) is 0 Å². The average molecular weight is 283 g/mol. The van der Waals surface area contributed by atoms with Crippen LogP contribution in [0, 0.1) is 6.92 Å². The lowest BCUT2D eigenvalue weighted by Gasteiger charge is -2.22. The number of rotatable bonds is 5. The standard InChI is InChI=1S/C19H25NO/c1-15-14-17(21-19(2,3)4)10-11-18(15)20-13-12-16-8-6-5-7-9-16/h5-11,14,20H,12-13H2,1-4H3. The Labute approximate surface area is 128 Å². The molecule has 0 bridgehead atoms. The van der Waals surface area contributed by atoms with Crippen molar-refractivity contribution in [1.82, 2.24) is 0 Å². The summed E-state index contributed by atoms with van der Waals surface area (Å²) in [6, 6.07) is 16.8. The predicted molar refractivity (Wildman–Crippen MR) is 90.2 cm³/mol. The van der Waals surface area contributed by atoms with Gasteiger partial charge in [-0.1, -0.05) is 30.3 Å². The average Bonchev–Trinajstić information content (AvgIpc) is 2.41. The van der Waals surface area contributed by atoms with E-state index in [4.69, 9.17) is 4.74 Å². The Balaban J connectivity index is 1.92. The quantitative estimate of drug-likeness (QED) is 0.849. The fraction of sp³-hybridized carbons (Fsp3) is 0.368. The third kappa shape index (κ3) is 5.14. The fourth-order valence-electron chi connectivity index (χ4n) is 2.24. The lowest BCUT2D eigenvalue weighted by Crippen LogP contribution is -2.23. The van der Waals surface area contributed by atoms with E-state index in [1.54, 1.807) is 0 Å². The molecule has 0 aliphatic carbocycles. The van der Waals surface area contributed by atoms with Crippen molar-refractivity contribution in [2.24, 2.45) is 0 Å². The molecule has 0 fully saturated rings. The smallest absolute Gasteiger partial charge is 0.120 e. The van der Waals surface area contributed by atoms with Gasteiger partial charge in [0.1, 0.15) is 11.4 Å². The molecule has 0 unspecified atom stereocenters. The van der Waals surface area contributed by atoms with E-state index in [9.17, 15) is 0 Å². The molecule has 0 heterocycles. The second-order valence-corrected chi connectivity index (χ2v) is 6.35. The van der Waals surface area contributed by atoms with Crippen LogP contribution in [0.1, 0.15) is 31.9 Å². The van der Waals surface area contributed by atoms with E-state index >= 15 is 0 Å². The Morgan fingerprint density at radius 3 is 2.33 bits per heavy atom. The fourth-order valence-corrected chi connectivity index (χ4v) is 2.24. The highest BCUT2D eigenvalue weighted by Gasteiger charge is 2.12. The highest BCUT2D eigenvalue weighted by Crippen LogP contribution is 2.24. The van der Waals surface area contributed by atoms with Crippen LogP contribution in [0.25, 0.3) is 0 Å². The van der Waals surface area contributed by atoms with Crippen LogP contribution in [0.15, 0.2) is 48.5 Å². The summed E-state index contributed by atoms with van der Waals surface area (Å²) in [4.78, 5) is 0. The molecule has 2 rings (SSSR count). The van der Waals surface area contributed by atoms with Crippen LogP contribution in [0.5, 0.6) is 5.75 Å². The van der Waals surface area contributed by atoms with Crippen LogP contribution >= 0.6 is 0 Å². The molecule has 0 saturated carbocycles. The van der Waals surface area contributed by atoms with Crippen LogP contribution < -0.4 is 10.1 Å². The molecule has 1 N–H and O–H groups in total. The topological polar surface area (TPSA) is 21.3 Å². The van der Waals surface area contributed by atoms with E-state index in [0.29, 0.717) is 0 Å². The molecule has 112 valence electrons. The molecule has 21 heavy (non-hydrogen) atoms. The van der Waals surface area contributed by atoms with Gasteiger partial charge in [-0.25, -0.2) is 0 Å². The minimum Gasteiger partial charge on any atom is -0.488 e. The maximum atomic E-state index is 5.88. The van der Waals surface area contributed by atoms with Gasteiger partial charge in [0.15, 0.2) is 0 Å². The van der Waals surface area contributed by atoms with E-state index in [1.165, 1.54) is 16.8 Å². The number of aryl methyl sites for hydroxylation is 1. The van der Waals surface area contributed by atoms with Crippen molar-refractivity contribution < 1.29 is 4.74 Å². The van der Waals surface area contributed by atoms with E-state index in [2.05, 4.69) is 75.5 Å². The van der Waals surface area contributed by atoms with E-state index in [0.717, 1.165) is 18.7 Å². The van der Waals surface area contributed by atoms with E-state index < -0.39 is 0 Å². The van der Waals surface area contributed by atoms with Crippen molar-refractivity contribution in [1.29, 1.82) is 0 Å². The number of nitrogens with one attached hydrogen (secondary N) is 1. The summed E-state index contributed by atoms with van der Waals surface area (Å²) in [5.74, 6) is 0.925. The molecule has 0 amide bonds. The van der Waals surface area contributed by atoms with Crippen LogP contribution in [0.2, 0.25) is 0 Å². The van der Waals surface area contributed by atoms with Gasteiger partial charge in [0.25, 0.3) is 0 Å². The number of hydrogen-bond donors (Lipinski definition) is 1. The van der Waals surface area contributed by atoms with Gasteiger partial charge < -0.3 is 10.1 Å². The first kappa shape index (κ1) is 15.4. The first-order valence-electron chi connectivity index (χ1n) is 7.51. The Hall–Kier alpha value is -1.96. The lowest BCUT2D eigenvalue weighted by molar-refractivity contribution is 0.131. The molecule has 0 aromatic heterocycles. The minimum atomic E-state index is -0.158. The van der Waals surface area contributed by atoms with Crippen molar-refractivity contribution in [3.05, 3.63) is 59.7 Å². The third-order valence-corrected chi connectivity index (χ3v) is 3.19. The Morgan fingerprint density at radius 1 is 1.00 bits per heavy atom. The zero-order valence-corrected chi connectivity index (χ0v) is 13.4. The molecular formula is C19H25NO. The summed E-state index contributed by atoms with van der Waals surface area (Å²) < 4.78 is 5.88. The lowest BCUT2D eigenvalue weighted by atomic mass is 10.1. The van der Waals surface area contributed by atoms with Gasteiger partial charge in [-0.3, -0.25) is 0 Å². The molecule has 0 radical (unpaired) electrons. The molecule has 2 nitrogen and oxygen atoms in total. The zero-order chi connectivity index (χ0) is 15.3. The molecule has 2 aromatic carbocycles. The second kappa shape index (κ2) is 6.66. The van der Waals surface area contributed by atoms with Crippen molar-refractivity contribution in [2.75, 3.05) is 11.9 Å². The summed E-state index contributed by atoms with van der Waals surface area (Å²) in [6.45, 7) is 9.24. The molecular weight excluding hydrogens is 258 g/mol. The second-order valence-electron chi connectivity index (χ2n) is 6.35. The van der Waals surface area contributed by atoms with Crippen molar-refractivity contribution in [2.45, 2.75) is 39.7 Å². The maximum absolute atomic E-state index is 5.88. The molecule has 0 aliphatic heterocycles. The Kier molecular flexibility index (Phi) is 4.89. The maximum Gasteiger partial charge on any atom is 0.120 e. The summed E-state index contributed by atoms with van der Waals surface area (Å²) in [5.41, 5.74) is 3.58. The van der Waals surface area contributed by atoms with Crippen molar-refractivity contribution >= 4 is 5.69 Å². The molecule has 0 saturated heterocycles. The number of anilines is 1. The number of hydrogen-bond acceptors (Lipinski definition) is 2. The van der Waals surface area contributed by atoms with Gasteiger partial charge >= 0.3 is 0 Å². The molecule has 2 aromatic rings. The van der Waals surface area contributed by atoms with Gasteiger partial charge in [-0.15, -0.1) is 0 Å². The number of ether oxygens (including phenoxy) is 1. The molecule has 0 spiro atoms. The van der Waals surface area contributed by atoms with Crippen molar-refractivity contribution in [3.8, 4) is 5.75 Å². The van der Waals surface area contributed by atoms with Gasteiger partial charge in [0, 0.05) is 12.2 Å². The minimum absolute atomic E-state index is 0.158. The summed E-state index contributed by atoms with van der Waals surface area (Å²) in [5, 5.41) is 3.50. The molecule has 0 aliphatic rings. The summed E-state index contributed by atoms with van der Waals surface area (Å²) in [7, 11) is 0. The monoisotopic (exact) mass is 283 g/mol. The normalized spacial score (nSPS) is 11.2. The SMILES string of the molecule is Cc1cc(OC(C)(C)C)ccc1NCCc1ccccc1. The van der Waals surface area contributed by atoms with E-state index in [-0.39, 0.29) is 5.60 Å². The summed E-state index contributed by atoms with van der Waals surface area (Å²) in [6.07, 6.45) is 1.03. The van der Waals surface area contributed by atoms with Gasteiger partial charge in [0.2, 0.25) is 0 Å². The van der Waals surface area contributed by atoms with Crippen LogP contribution in [0.3, 0.4) is 0 Å². The highest BCUT2D eigenvalue weighted by molar-refractivity contribution is 5.53. The van der Waals surface area contributed by atoms with Crippen LogP contribution in [0.4, 0.5) is 5.69 Å².